The predicted molar refractivity (Wildman–Crippen MR) is 68.5 cm³/mol. The van der Waals surface area contributed by atoms with E-state index in [4.69, 9.17) is 10.5 Å². The fourth-order valence-corrected chi connectivity index (χ4v) is 1.57. The van der Waals surface area contributed by atoms with Crippen LogP contribution in [0.1, 0.15) is 31.2 Å². The molecule has 0 aromatic heterocycles. The van der Waals surface area contributed by atoms with Crippen molar-refractivity contribution < 1.29 is 9.13 Å². The zero-order valence-corrected chi connectivity index (χ0v) is 10.1. The summed E-state index contributed by atoms with van der Waals surface area (Å²) in [4.78, 5) is 0. The van der Waals surface area contributed by atoms with Crippen molar-refractivity contribution >= 4 is 0 Å². The summed E-state index contributed by atoms with van der Waals surface area (Å²) in [5.74, 6) is -0.0298. The molecule has 1 aromatic carbocycles. The van der Waals surface area contributed by atoms with Crippen molar-refractivity contribution in [1.29, 1.82) is 0 Å². The average Bonchev–Trinajstić information content (AvgIpc) is 2.35. The van der Waals surface area contributed by atoms with Gasteiger partial charge in [0.15, 0.2) is 11.6 Å². The second-order valence-corrected chi connectivity index (χ2v) is 3.92. The Balaban J connectivity index is 2.34. The van der Waals surface area contributed by atoms with E-state index in [1.165, 1.54) is 0 Å². The lowest BCUT2D eigenvalue weighted by atomic mass is 10.2. The molecule has 0 aliphatic heterocycles. The summed E-state index contributed by atoms with van der Waals surface area (Å²) < 4.78 is 19.1. The third-order valence-corrected chi connectivity index (χ3v) is 2.57. The Hall–Kier alpha value is -1.35. The van der Waals surface area contributed by atoms with Crippen LogP contribution in [-0.2, 0) is 6.54 Å². The first-order valence-electron chi connectivity index (χ1n) is 6.00. The van der Waals surface area contributed by atoms with Gasteiger partial charge in [0.1, 0.15) is 0 Å². The first kappa shape index (κ1) is 13.7. The fourth-order valence-electron chi connectivity index (χ4n) is 1.57. The Labute approximate surface area is 102 Å². The molecule has 0 bridgehead atoms. The van der Waals surface area contributed by atoms with Crippen LogP contribution >= 0.6 is 0 Å². The second kappa shape index (κ2) is 7.85. The lowest BCUT2D eigenvalue weighted by Gasteiger charge is -2.09. The molecule has 0 unspecified atom stereocenters. The molecule has 2 N–H and O–H groups in total. The molecule has 0 heterocycles. The van der Waals surface area contributed by atoms with Crippen LogP contribution in [0, 0.1) is 5.82 Å². The number of rotatable bonds is 8. The van der Waals surface area contributed by atoms with Gasteiger partial charge in [0.2, 0.25) is 0 Å². The van der Waals surface area contributed by atoms with Crippen molar-refractivity contribution in [2.45, 2.75) is 32.2 Å². The highest BCUT2D eigenvalue weighted by Crippen LogP contribution is 2.20. The van der Waals surface area contributed by atoms with Crippen LogP contribution in [0.3, 0.4) is 0 Å². The molecule has 0 aliphatic rings. The van der Waals surface area contributed by atoms with Gasteiger partial charge in [-0.15, -0.1) is 6.58 Å². The number of nitrogens with two attached hydrogens (primary N) is 1. The lowest BCUT2D eigenvalue weighted by Crippen LogP contribution is -2.04. The smallest absolute Gasteiger partial charge is 0.169 e. The number of allylic oxidation sites excluding steroid dienone is 1. The SMILES string of the molecule is C=CCCCCCOc1cccc(CN)c1F. The van der Waals surface area contributed by atoms with E-state index < -0.39 is 0 Å². The molecule has 2 nitrogen and oxygen atoms in total. The lowest BCUT2D eigenvalue weighted by molar-refractivity contribution is 0.290. The molecule has 0 spiro atoms. The van der Waals surface area contributed by atoms with E-state index in [0.29, 0.717) is 17.9 Å². The number of unbranched alkanes of at least 4 members (excludes halogenated alkanes) is 3. The normalized spacial score (nSPS) is 10.2. The second-order valence-electron chi connectivity index (χ2n) is 3.92. The molecular weight excluding hydrogens is 217 g/mol. The minimum Gasteiger partial charge on any atom is -0.491 e. The van der Waals surface area contributed by atoms with Crippen LogP contribution in [0.4, 0.5) is 4.39 Å². The Morgan fingerprint density at radius 2 is 2.12 bits per heavy atom. The van der Waals surface area contributed by atoms with E-state index in [1.807, 2.05) is 6.08 Å². The van der Waals surface area contributed by atoms with Gasteiger partial charge in [-0.25, -0.2) is 4.39 Å². The first-order chi connectivity index (χ1) is 8.29. The molecule has 0 saturated carbocycles. The highest BCUT2D eigenvalue weighted by molar-refractivity contribution is 5.30. The van der Waals surface area contributed by atoms with Crippen LogP contribution in [0.2, 0.25) is 0 Å². The van der Waals surface area contributed by atoms with Gasteiger partial charge >= 0.3 is 0 Å². The van der Waals surface area contributed by atoms with Gasteiger partial charge in [-0.1, -0.05) is 18.2 Å². The van der Waals surface area contributed by atoms with E-state index in [1.54, 1.807) is 18.2 Å². The van der Waals surface area contributed by atoms with Gasteiger partial charge in [0.05, 0.1) is 6.61 Å². The summed E-state index contributed by atoms with van der Waals surface area (Å²) in [6.07, 6.45) is 6.05. The van der Waals surface area contributed by atoms with Gasteiger partial charge in [0.25, 0.3) is 0 Å². The standard InChI is InChI=1S/C14H20FNO/c1-2-3-4-5-6-10-17-13-9-7-8-12(11-16)14(13)15/h2,7-9H,1,3-6,10-11,16H2. The average molecular weight is 237 g/mol. The summed E-state index contributed by atoms with van der Waals surface area (Å²) in [6.45, 7) is 4.40. The van der Waals surface area contributed by atoms with Crippen LogP contribution in [-0.4, -0.2) is 6.61 Å². The maximum Gasteiger partial charge on any atom is 0.169 e. The third kappa shape index (κ3) is 4.57. The summed E-state index contributed by atoms with van der Waals surface area (Å²) in [6, 6.07) is 5.07. The Morgan fingerprint density at radius 3 is 2.82 bits per heavy atom. The van der Waals surface area contributed by atoms with Crippen molar-refractivity contribution in [1.82, 2.24) is 0 Å². The first-order valence-corrected chi connectivity index (χ1v) is 6.00. The largest absolute Gasteiger partial charge is 0.491 e. The summed E-state index contributed by atoms with van der Waals surface area (Å²) in [5, 5.41) is 0. The highest BCUT2D eigenvalue weighted by atomic mass is 19.1. The van der Waals surface area contributed by atoms with Crippen LogP contribution < -0.4 is 10.5 Å². The molecule has 1 aromatic rings. The topological polar surface area (TPSA) is 35.2 Å². The summed E-state index contributed by atoms with van der Waals surface area (Å²) in [5.41, 5.74) is 5.92. The van der Waals surface area contributed by atoms with Crippen LogP contribution in [0.25, 0.3) is 0 Å². The minimum atomic E-state index is -0.332. The van der Waals surface area contributed by atoms with Crippen molar-refractivity contribution in [2.24, 2.45) is 5.73 Å². The Bertz CT molecular complexity index is 352. The Morgan fingerprint density at radius 1 is 1.29 bits per heavy atom. The molecule has 17 heavy (non-hydrogen) atoms. The Kier molecular flexibility index (Phi) is 6.33. The molecule has 0 aliphatic carbocycles. The van der Waals surface area contributed by atoms with Crippen molar-refractivity contribution in [3.05, 3.63) is 42.2 Å². The number of hydrogen-bond donors (Lipinski definition) is 1. The highest BCUT2D eigenvalue weighted by Gasteiger charge is 2.07. The van der Waals surface area contributed by atoms with Gasteiger partial charge in [-0.3, -0.25) is 0 Å². The molecule has 0 saturated heterocycles. The monoisotopic (exact) mass is 237 g/mol. The maximum absolute atomic E-state index is 13.7. The molecule has 0 fully saturated rings. The van der Waals surface area contributed by atoms with E-state index in [0.717, 1.165) is 25.7 Å². The van der Waals surface area contributed by atoms with Gasteiger partial charge in [-0.2, -0.15) is 0 Å². The molecule has 0 amide bonds. The number of ether oxygens (including phenoxy) is 1. The van der Waals surface area contributed by atoms with Crippen molar-refractivity contribution in [3.8, 4) is 5.75 Å². The number of halogens is 1. The molecule has 0 atom stereocenters. The van der Waals surface area contributed by atoms with Gasteiger partial charge in [0, 0.05) is 12.1 Å². The molecule has 3 heteroatoms. The zero-order valence-electron chi connectivity index (χ0n) is 10.1. The van der Waals surface area contributed by atoms with Gasteiger partial charge in [-0.05, 0) is 31.7 Å². The van der Waals surface area contributed by atoms with E-state index in [9.17, 15) is 4.39 Å². The quantitative estimate of drug-likeness (QED) is 0.555. The number of hydrogen-bond acceptors (Lipinski definition) is 2. The van der Waals surface area contributed by atoms with E-state index in [2.05, 4.69) is 6.58 Å². The summed E-state index contributed by atoms with van der Waals surface area (Å²) >= 11 is 0. The fraction of sp³-hybridized carbons (Fsp3) is 0.429. The maximum atomic E-state index is 13.7. The van der Waals surface area contributed by atoms with Gasteiger partial charge < -0.3 is 10.5 Å². The molecule has 0 radical (unpaired) electrons. The molecule has 94 valence electrons. The van der Waals surface area contributed by atoms with Crippen molar-refractivity contribution in [2.75, 3.05) is 6.61 Å². The predicted octanol–water partition coefficient (Wildman–Crippen LogP) is 3.41. The summed E-state index contributed by atoms with van der Waals surface area (Å²) in [7, 11) is 0. The minimum absolute atomic E-state index is 0.197. The zero-order chi connectivity index (χ0) is 12.5. The molecular formula is C14H20FNO. The van der Waals surface area contributed by atoms with Crippen molar-refractivity contribution in [3.63, 3.8) is 0 Å². The van der Waals surface area contributed by atoms with E-state index >= 15 is 0 Å². The molecule has 1 rings (SSSR count). The third-order valence-electron chi connectivity index (χ3n) is 2.57. The van der Waals surface area contributed by atoms with Crippen LogP contribution in [0.15, 0.2) is 30.9 Å². The number of benzene rings is 1. The van der Waals surface area contributed by atoms with Crippen LogP contribution in [0.5, 0.6) is 5.75 Å². The van der Waals surface area contributed by atoms with E-state index in [-0.39, 0.29) is 12.4 Å².